The maximum absolute atomic E-state index is 14.0. The van der Waals surface area contributed by atoms with Crippen molar-refractivity contribution in [1.29, 1.82) is 0 Å². The van der Waals surface area contributed by atoms with Crippen LogP contribution in [0.1, 0.15) is 45.8 Å². The smallest absolute Gasteiger partial charge is 0.421 e. The minimum atomic E-state index is -4.75. The van der Waals surface area contributed by atoms with Gasteiger partial charge in [0.05, 0.1) is 16.3 Å². The number of anilines is 1. The summed E-state index contributed by atoms with van der Waals surface area (Å²) in [5, 5.41) is 10.2. The number of carbonyl (C=O) groups excluding carboxylic acids is 1. The average Bonchev–Trinajstić information content (AvgIpc) is 2.90. The van der Waals surface area contributed by atoms with E-state index >= 15 is 0 Å². The lowest BCUT2D eigenvalue weighted by Gasteiger charge is -2.28. The van der Waals surface area contributed by atoms with Gasteiger partial charge in [-0.2, -0.15) is 24.9 Å². The Balaban J connectivity index is 1.66. The first-order chi connectivity index (χ1) is 18.9. The molecule has 0 spiro atoms. The number of hydrogen-bond donors (Lipinski definition) is 1. The normalized spacial score (nSPS) is 14.3. The lowest BCUT2D eigenvalue weighted by atomic mass is 10.1. The Hall–Kier alpha value is -3.35. The number of aromatic carboxylic acids is 1. The summed E-state index contributed by atoms with van der Waals surface area (Å²) in [6.45, 7) is 5.26. The molecule has 2 aromatic heterocycles. The molecule has 0 bridgehead atoms. The fraction of sp³-hybridized carbons (Fsp3) is 0.333. The van der Waals surface area contributed by atoms with E-state index in [1.54, 1.807) is 25.6 Å². The molecule has 3 aromatic rings. The molecule has 1 N–H and O–H groups in total. The number of halogens is 4. The van der Waals surface area contributed by atoms with Crippen LogP contribution >= 0.6 is 23.4 Å². The van der Waals surface area contributed by atoms with E-state index in [2.05, 4.69) is 14.9 Å². The maximum atomic E-state index is 14.0. The maximum Gasteiger partial charge on any atom is 0.421 e. The highest BCUT2D eigenvalue weighted by Crippen LogP contribution is 2.38. The number of carboxylic acids is 1. The van der Waals surface area contributed by atoms with Crippen molar-refractivity contribution in [3.05, 3.63) is 76.2 Å². The summed E-state index contributed by atoms with van der Waals surface area (Å²) in [5.74, 6) is -1.02. The second-order valence-corrected chi connectivity index (χ2v) is 11.0. The lowest BCUT2D eigenvalue weighted by Crippen LogP contribution is -2.38. The van der Waals surface area contributed by atoms with Crippen LogP contribution in [0, 0.1) is 0 Å². The van der Waals surface area contributed by atoms with Crippen molar-refractivity contribution in [2.45, 2.75) is 32.6 Å². The number of aromatic nitrogens is 2. The largest absolute Gasteiger partial charge is 0.478 e. The van der Waals surface area contributed by atoms with Crippen LogP contribution in [-0.2, 0) is 12.7 Å². The summed E-state index contributed by atoms with van der Waals surface area (Å²) in [4.78, 5) is 36.7. The van der Waals surface area contributed by atoms with Crippen molar-refractivity contribution >= 4 is 40.9 Å². The molecule has 40 heavy (non-hydrogen) atoms. The second-order valence-electron chi connectivity index (χ2n) is 9.30. The van der Waals surface area contributed by atoms with Gasteiger partial charge in [-0.3, -0.25) is 9.69 Å². The third-order valence-corrected chi connectivity index (χ3v) is 7.24. The Bertz CT molecular complexity index is 1380. The molecular formula is C27H26ClF3N4O4S. The average molecular weight is 595 g/mol. The van der Waals surface area contributed by atoms with E-state index in [4.69, 9.17) is 16.3 Å². The van der Waals surface area contributed by atoms with Gasteiger partial charge in [-0.25, -0.2) is 14.8 Å². The van der Waals surface area contributed by atoms with Crippen LogP contribution in [0.3, 0.4) is 0 Å². The standard InChI is InChI=1S/C27H26ClF3N4O4S/c1-16(2)35(25(36)22-5-3-18(28)14-32-22)23-6-4-19(12-20(23)26(37)38)39-24-21(27(29,30)31)11-17(13-33-24)15-34-7-9-40-10-8-34/h3-6,11-14,16H,7-10,15H2,1-2H3,(H,37,38). The Morgan fingerprint density at radius 3 is 2.45 bits per heavy atom. The first-order valence-corrected chi connectivity index (χ1v) is 13.8. The van der Waals surface area contributed by atoms with E-state index in [0.29, 0.717) is 17.1 Å². The van der Waals surface area contributed by atoms with Crippen LogP contribution in [0.5, 0.6) is 11.6 Å². The van der Waals surface area contributed by atoms with E-state index < -0.39 is 35.5 Å². The summed E-state index contributed by atoms with van der Waals surface area (Å²) in [5.41, 5.74) is -0.949. The van der Waals surface area contributed by atoms with E-state index in [0.717, 1.165) is 36.7 Å². The topological polar surface area (TPSA) is 95.9 Å². The second kappa shape index (κ2) is 12.4. The first kappa shape index (κ1) is 29.6. The Morgan fingerprint density at radius 2 is 1.85 bits per heavy atom. The van der Waals surface area contributed by atoms with E-state index in [9.17, 15) is 27.9 Å². The van der Waals surface area contributed by atoms with Crippen LogP contribution in [0.4, 0.5) is 18.9 Å². The Morgan fingerprint density at radius 1 is 1.12 bits per heavy atom. The van der Waals surface area contributed by atoms with Gasteiger partial charge < -0.3 is 14.7 Å². The molecule has 1 aliphatic heterocycles. The SMILES string of the molecule is CC(C)N(C(=O)c1ccc(Cl)cn1)c1ccc(Oc2ncc(CN3CCSCC3)cc2C(F)(F)F)cc1C(=O)O. The number of ether oxygens (including phenoxy) is 1. The van der Waals surface area contributed by atoms with Crippen molar-refractivity contribution in [2.75, 3.05) is 29.5 Å². The molecule has 0 unspecified atom stereocenters. The molecular weight excluding hydrogens is 569 g/mol. The number of carboxylic acid groups (broad SMARTS) is 1. The summed E-state index contributed by atoms with van der Waals surface area (Å²) < 4.78 is 47.4. The molecule has 3 heterocycles. The molecule has 212 valence electrons. The summed E-state index contributed by atoms with van der Waals surface area (Å²) in [6.07, 6.45) is -2.13. The van der Waals surface area contributed by atoms with Crippen LogP contribution < -0.4 is 9.64 Å². The van der Waals surface area contributed by atoms with Crippen LogP contribution in [0.2, 0.25) is 5.02 Å². The molecule has 1 aliphatic rings. The minimum absolute atomic E-state index is 0.0237. The van der Waals surface area contributed by atoms with Gasteiger partial charge in [0, 0.05) is 49.6 Å². The zero-order valence-electron chi connectivity index (χ0n) is 21.6. The predicted octanol–water partition coefficient (Wildman–Crippen LogP) is 6.24. The number of thioether (sulfide) groups is 1. The van der Waals surface area contributed by atoms with Crippen molar-refractivity contribution in [3.8, 4) is 11.6 Å². The predicted molar refractivity (Wildman–Crippen MR) is 147 cm³/mol. The fourth-order valence-electron chi connectivity index (χ4n) is 4.20. The third kappa shape index (κ3) is 7.04. The van der Waals surface area contributed by atoms with E-state index in [-0.39, 0.29) is 22.7 Å². The molecule has 0 aliphatic carbocycles. The number of amides is 1. The highest BCUT2D eigenvalue weighted by Gasteiger charge is 2.36. The molecule has 1 fully saturated rings. The number of pyridine rings is 2. The van der Waals surface area contributed by atoms with Gasteiger partial charge in [-0.15, -0.1) is 0 Å². The molecule has 4 rings (SSSR count). The molecule has 8 nitrogen and oxygen atoms in total. The summed E-state index contributed by atoms with van der Waals surface area (Å²) >= 11 is 7.66. The Labute approximate surface area is 238 Å². The van der Waals surface area contributed by atoms with Gasteiger partial charge in [-0.1, -0.05) is 11.6 Å². The zero-order chi connectivity index (χ0) is 29.0. The van der Waals surface area contributed by atoms with Crippen molar-refractivity contribution < 1.29 is 32.6 Å². The molecule has 1 amide bonds. The number of hydrogen-bond acceptors (Lipinski definition) is 7. The highest BCUT2D eigenvalue weighted by atomic mass is 35.5. The minimum Gasteiger partial charge on any atom is -0.478 e. The van der Waals surface area contributed by atoms with Gasteiger partial charge in [-0.05, 0) is 55.8 Å². The summed E-state index contributed by atoms with van der Waals surface area (Å²) in [7, 11) is 0. The van der Waals surface area contributed by atoms with Crippen molar-refractivity contribution in [2.24, 2.45) is 0 Å². The molecule has 1 aromatic carbocycles. The molecule has 1 saturated heterocycles. The molecule has 0 atom stereocenters. The number of alkyl halides is 3. The molecule has 13 heteroatoms. The van der Waals surface area contributed by atoms with Gasteiger partial charge in [0.1, 0.15) is 17.0 Å². The molecule has 0 saturated carbocycles. The number of benzene rings is 1. The number of rotatable bonds is 8. The van der Waals surface area contributed by atoms with Crippen LogP contribution in [0.25, 0.3) is 0 Å². The summed E-state index contributed by atoms with van der Waals surface area (Å²) in [6, 6.07) is 7.09. The van der Waals surface area contributed by atoms with Gasteiger partial charge >= 0.3 is 12.1 Å². The third-order valence-electron chi connectivity index (χ3n) is 6.08. The molecule has 0 radical (unpaired) electrons. The van der Waals surface area contributed by atoms with E-state index in [1.807, 2.05) is 0 Å². The van der Waals surface area contributed by atoms with Gasteiger partial charge in [0.2, 0.25) is 5.88 Å². The van der Waals surface area contributed by atoms with Crippen LogP contribution in [-0.4, -0.2) is 62.5 Å². The first-order valence-electron chi connectivity index (χ1n) is 12.3. The van der Waals surface area contributed by atoms with E-state index in [1.165, 1.54) is 41.6 Å². The van der Waals surface area contributed by atoms with Crippen molar-refractivity contribution in [1.82, 2.24) is 14.9 Å². The number of carbonyl (C=O) groups is 2. The zero-order valence-corrected chi connectivity index (χ0v) is 23.2. The monoisotopic (exact) mass is 594 g/mol. The quantitative estimate of drug-likeness (QED) is 0.327. The fourth-order valence-corrected chi connectivity index (χ4v) is 5.29. The van der Waals surface area contributed by atoms with Gasteiger partial charge in [0.15, 0.2) is 0 Å². The van der Waals surface area contributed by atoms with Crippen LogP contribution in [0.15, 0.2) is 48.8 Å². The van der Waals surface area contributed by atoms with Gasteiger partial charge in [0.25, 0.3) is 5.91 Å². The highest BCUT2D eigenvalue weighted by molar-refractivity contribution is 7.99. The Kier molecular flexibility index (Phi) is 9.22. The number of nitrogens with zero attached hydrogens (tertiary/aromatic N) is 4. The lowest BCUT2D eigenvalue weighted by molar-refractivity contribution is -0.139. The van der Waals surface area contributed by atoms with Crippen molar-refractivity contribution in [3.63, 3.8) is 0 Å².